The zero-order chi connectivity index (χ0) is 13.8. The largest absolute Gasteiger partial charge is 0.444 e. The van der Waals surface area contributed by atoms with E-state index in [2.05, 4.69) is 6.58 Å². The summed E-state index contributed by atoms with van der Waals surface area (Å²) >= 11 is 0. The van der Waals surface area contributed by atoms with Crippen molar-refractivity contribution in [2.75, 3.05) is 13.1 Å². The quantitative estimate of drug-likeness (QED) is 0.574. The van der Waals surface area contributed by atoms with Crippen molar-refractivity contribution in [2.24, 2.45) is 5.41 Å². The maximum Gasteiger partial charge on any atom is 0.410 e. The molecule has 0 radical (unpaired) electrons. The van der Waals surface area contributed by atoms with Crippen LogP contribution in [0, 0.1) is 5.41 Å². The highest BCUT2D eigenvalue weighted by Crippen LogP contribution is 2.33. The van der Waals surface area contributed by atoms with Gasteiger partial charge in [-0.25, -0.2) is 4.79 Å². The lowest BCUT2D eigenvalue weighted by Crippen LogP contribution is -2.45. The molecule has 0 aliphatic carbocycles. The molecule has 0 spiro atoms. The molecule has 1 amide bonds. The number of amides is 1. The van der Waals surface area contributed by atoms with E-state index in [-0.39, 0.29) is 11.5 Å². The molecule has 0 N–H and O–H groups in total. The molecule has 1 saturated heterocycles. The summed E-state index contributed by atoms with van der Waals surface area (Å²) in [4.78, 5) is 24.7. The predicted molar refractivity (Wildman–Crippen MR) is 70.4 cm³/mol. The topological polar surface area (TPSA) is 46.6 Å². The van der Waals surface area contributed by atoms with Gasteiger partial charge in [0, 0.05) is 18.5 Å². The van der Waals surface area contributed by atoms with Gasteiger partial charge < -0.3 is 14.4 Å². The fraction of sp³-hybridized carbons (Fsp3) is 0.714. The van der Waals surface area contributed by atoms with Crippen LogP contribution in [0.15, 0.2) is 12.7 Å². The smallest absolute Gasteiger partial charge is 0.410 e. The molecular weight excluding hydrogens is 230 g/mol. The summed E-state index contributed by atoms with van der Waals surface area (Å²) in [6.07, 6.45) is 4.54. The average Bonchev–Trinajstić information content (AvgIpc) is 2.28. The number of rotatable bonds is 3. The number of aldehydes is 1. The first-order valence-electron chi connectivity index (χ1n) is 6.37. The molecule has 18 heavy (non-hydrogen) atoms. The number of piperidine rings is 1. The van der Waals surface area contributed by atoms with E-state index >= 15 is 0 Å². The van der Waals surface area contributed by atoms with E-state index in [1.165, 1.54) is 0 Å². The van der Waals surface area contributed by atoms with Gasteiger partial charge in [-0.15, -0.1) is 6.58 Å². The Kier molecular flexibility index (Phi) is 4.54. The summed E-state index contributed by atoms with van der Waals surface area (Å²) < 4.78 is 5.32. The van der Waals surface area contributed by atoms with Crippen molar-refractivity contribution in [1.29, 1.82) is 0 Å². The Bertz CT molecular complexity index is 322. The van der Waals surface area contributed by atoms with Crippen LogP contribution in [0.5, 0.6) is 0 Å². The summed E-state index contributed by atoms with van der Waals surface area (Å²) in [6, 6.07) is 0. The number of ether oxygens (including phenoxy) is 1. The summed E-state index contributed by atoms with van der Waals surface area (Å²) in [5.74, 6) is 0. The standard InChI is InChI=1S/C14H23NO3/c1-5-6-14(11-16)7-9-15(10-8-14)12(17)18-13(2,3)4/h5,11H,1,6-10H2,2-4H3. The minimum atomic E-state index is -0.475. The van der Waals surface area contributed by atoms with Crippen LogP contribution in [0.3, 0.4) is 0 Å². The van der Waals surface area contributed by atoms with Crippen molar-refractivity contribution >= 4 is 12.4 Å². The number of nitrogens with zero attached hydrogens (tertiary/aromatic N) is 1. The lowest BCUT2D eigenvalue weighted by atomic mass is 9.77. The van der Waals surface area contributed by atoms with Gasteiger partial charge in [-0.2, -0.15) is 0 Å². The molecule has 1 fully saturated rings. The zero-order valence-corrected chi connectivity index (χ0v) is 11.6. The molecule has 1 aliphatic rings. The molecule has 0 unspecified atom stereocenters. The minimum absolute atomic E-state index is 0.291. The summed E-state index contributed by atoms with van der Waals surface area (Å²) in [5.41, 5.74) is -0.808. The van der Waals surface area contributed by atoms with Gasteiger partial charge in [0.2, 0.25) is 0 Å². The zero-order valence-electron chi connectivity index (χ0n) is 11.6. The third kappa shape index (κ3) is 3.86. The van der Waals surface area contributed by atoms with Crippen molar-refractivity contribution in [3.63, 3.8) is 0 Å². The minimum Gasteiger partial charge on any atom is -0.444 e. The van der Waals surface area contributed by atoms with E-state index in [1.807, 2.05) is 20.8 Å². The van der Waals surface area contributed by atoms with Gasteiger partial charge in [0.15, 0.2) is 0 Å². The normalized spacial score (nSPS) is 19.2. The molecule has 102 valence electrons. The monoisotopic (exact) mass is 253 g/mol. The first kappa shape index (κ1) is 14.7. The second-order valence-electron chi connectivity index (χ2n) is 5.94. The van der Waals surface area contributed by atoms with Crippen LogP contribution in [0.2, 0.25) is 0 Å². The van der Waals surface area contributed by atoms with Crippen LogP contribution >= 0.6 is 0 Å². The summed E-state index contributed by atoms with van der Waals surface area (Å²) in [6.45, 7) is 10.4. The van der Waals surface area contributed by atoms with E-state index in [4.69, 9.17) is 4.74 Å². The molecule has 4 nitrogen and oxygen atoms in total. The van der Waals surface area contributed by atoms with Gasteiger partial charge >= 0.3 is 6.09 Å². The van der Waals surface area contributed by atoms with Gasteiger partial charge in [0.05, 0.1) is 0 Å². The van der Waals surface area contributed by atoms with Gasteiger partial charge in [-0.3, -0.25) is 0 Å². The lowest BCUT2D eigenvalue weighted by molar-refractivity contribution is -0.118. The van der Waals surface area contributed by atoms with E-state index in [9.17, 15) is 9.59 Å². The second-order valence-corrected chi connectivity index (χ2v) is 5.94. The first-order valence-corrected chi connectivity index (χ1v) is 6.37. The fourth-order valence-electron chi connectivity index (χ4n) is 2.12. The van der Waals surface area contributed by atoms with E-state index in [0.717, 1.165) is 6.29 Å². The summed E-state index contributed by atoms with van der Waals surface area (Å²) in [5, 5.41) is 0. The Morgan fingerprint density at radius 3 is 2.33 bits per heavy atom. The molecular formula is C14H23NO3. The first-order chi connectivity index (χ1) is 8.32. The molecule has 0 aromatic carbocycles. The fourth-order valence-corrected chi connectivity index (χ4v) is 2.12. The van der Waals surface area contributed by atoms with Crippen LogP contribution in [0.4, 0.5) is 4.79 Å². The van der Waals surface area contributed by atoms with Crippen molar-refractivity contribution in [3.05, 3.63) is 12.7 Å². The molecule has 1 aliphatic heterocycles. The van der Waals surface area contributed by atoms with Gasteiger partial charge in [0.1, 0.15) is 11.9 Å². The van der Waals surface area contributed by atoms with Gasteiger partial charge in [0.25, 0.3) is 0 Å². The van der Waals surface area contributed by atoms with Crippen LogP contribution in [-0.2, 0) is 9.53 Å². The second kappa shape index (κ2) is 5.55. The molecule has 0 aromatic rings. The molecule has 0 atom stereocenters. The Morgan fingerprint density at radius 2 is 1.94 bits per heavy atom. The van der Waals surface area contributed by atoms with Crippen molar-refractivity contribution in [1.82, 2.24) is 4.90 Å². The van der Waals surface area contributed by atoms with Crippen LogP contribution in [0.1, 0.15) is 40.0 Å². The van der Waals surface area contributed by atoms with Gasteiger partial charge in [-0.05, 0) is 40.0 Å². The Morgan fingerprint density at radius 1 is 1.39 bits per heavy atom. The van der Waals surface area contributed by atoms with Crippen molar-refractivity contribution < 1.29 is 14.3 Å². The molecule has 1 rings (SSSR count). The number of carbonyl (C=O) groups excluding carboxylic acids is 2. The van der Waals surface area contributed by atoms with E-state index < -0.39 is 5.60 Å². The van der Waals surface area contributed by atoms with Gasteiger partial charge in [-0.1, -0.05) is 6.08 Å². The van der Waals surface area contributed by atoms with E-state index in [0.29, 0.717) is 32.4 Å². The molecule has 0 bridgehead atoms. The molecule has 0 aromatic heterocycles. The van der Waals surface area contributed by atoms with Crippen LogP contribution < -0.4 is 0 Å². The lowest BCUT2D eigenvalue weighted by Gasteiger charge is -2.38. The number of allylic oxidation sites excluding steroid dienone is 1. The van der Waals surface area contributed by atoms with Crippen molar-refractivity contribution in [3.8, 4) is 0 Å². The maximum atomic E-state index is 11.9. The van der Waals surface area contributed by atoms with Crippen molar-refractivity contribution in [2.45, 2.75) is 45.6 Å². The number of carbonyl (C=O) groups is 2. The molecule has 4 heteroatoms. The highest BCUT2D eigenvalue weighted by atomic mass is 16.6. The maximum absolute atomic E-state index is 11.9. The molecule has 1 heterocycles. The van der Waals surface area contributed by atoms with E-state index in [1.54, 1.807) is 11.0 Å². The van der Waals surface area contributed by atoms with Crippen LogP contribution in [0.25, 0.3) is 0 Å². The number of hydrogen-bond acceptors (Lipinski definition) is 3. The Hall–Kier alpha value is -1.32. The highest BCUT2D eigenvalue weighted by molar-refractivity contribution is 5.69. The Balaban J connectivity index is 2.55. The number of hydrogen-bond donors (Lipinski definition) is 0. The summed E-state index contributed by atoms with van der Waals surface area (Å²) in [7, 11) is 0. The average molecular weight is 253 g/mol. The number of likely N-dealkylation sites (tertiary alicyclic amines) is 1. The third-order valence-corrected chi connectivity index (χ3v) is 3.21. The van der Waals surface area contributed by atoms with Crippen LogP contribution in [-0.4, -0.2) is 36.0 Å². The molecule has 0 saturated carbocycles. The Labute approximate surface area is 109 Å². The SMILES string of the molecule is C=CCC1(C=O)CCN(C(=O)OC(C)(C)C)CC1. The third-order valence-electron chi connectivity index (χ3n) is 3.21. The highest BCUT2D eigenvalue weighted by Gasteiger charge is 2.35. The predicted octanol–water partition coefficient (Wildman–Crippen LogP) is 2.78.